The first kappa shape index (κ1) is 48.2. The molecule has 1 amide bonds. The van der Waals surface area contributed by atoms with Gasteiger partial charge in [-0.1, -0.05) is 44.2 Å². The number of benzene rings is 2. The van der Waals surface area contributed by atoms with Gasteiger partial charge in [-0.25, -0.2) is 14.2 Å². The summed E-state index contributed by atoms with van der Waals surface area (Å²) in [5.41, 5.74) is 7.09. The monoisotopic (exact) mass is 885 g/mol. The van der Waals surface area contributed by atoms with Gasteiger partial charge in [0, 0.05) is 61.5 Å². The number of aliphatic hydroxyl groups is 3. The van der Waals surface area contributed by atoms with Crippen molar-refractivity contribution >= 4 is 34.3 Å². The second-order valence-corrected chi connectivity index (χ2v) is 16.8. The van der Waals surface area contributed by atoms with Crippen molar-refractivity contribution in [3.05, 3.63) is 98.1 Å². The van der Waals surface area contributed by atoms with E-state index in [1.54, 1.807) is 26.0 Å². The zero-order valence-electron chi connectivity index (χ0n) is 36.9. The number of halogens is 1. The Morgan fingerprint density at radius 1 is 1.02 bits per heavy atom. The number of nitrogens with one attached hydrogen (secondary N) is 3. The third kappa shape index (κ3) is 10.8. The Bertz CT molecular complexity index is 2430. The van der Waals surface area contributed by atoms with E-state index in [-0.39, 0.29) is 86.8 Å². The highest BCUT2D eigenvalue weighted by atomic mass is 19.1. The number of pyridine rings is 2. The zero-order valence-corrected chi connectivity index (χ0v) is 36.9. The van der Waals surface area contributed by atoms with Gasteiger partial charge >= 0.3 is 5.97 Å². The summed E-state index contributed by atoms with van der Waals surface area (Å²) < 4.78 is 21.8. The average molecular weight is 886 g/mol. The number of likely N-dealkylation sites (N-methyl/N-ethyl adjacent to an activating group) is 1. The van der Waals surface area contributed by atoms with E-state index in [0.717, 1.165) is 5.56 Å². The molecule has 0 radical (unpaired) electrons. The lowest BCUT2D eigenvalue weighted by Gasteiger charge is -2.31. The molecule has 0 aliphatic carbocycles. The van der Waals surface area contributed by atoms with Gasteiger partial charge in [0.2, 0.25) is 5.91 Å². The van der Waals surface area contributed by atoms with Crippen LogP contribution in [0.2, 0.25) is 0 Å². The first-order valence-electron chi connectivity index (χ1n) is 22.0. The molecule has 344 valence electrons. The van der Waals surface area contributed by atoms with Crippen LogP contribution >= 0.6 is 0 Å². The molecule has 0 bridgehead atoms. The molecule has 0 spiro atoms. The van der Waals surface area contributed by atoms with Crippen LogP contribution in [0.3, 0.4) is 0 Å². The number of aromatic nitrogens is 2. The Hall–Kier alpha value is -5.27. The standard InChI is InChI=1S/C47H60FN7O9/c1-5-35(43-30-20-27(3)34(48)23-36(30)53-44-31(43)25-55-38(44)22-33-32(45(55)61)26-64-46(62)47(33,63)6-2)51-42(60)16-18-54(4)19-17-50-40(58)15-13-39(57)37(21-28-10-8-7-9-11-28)52-41(59)14-12-29(56)24-49/h7-11,20,22-23,35,37,40-41,50,52,58-59,63H,5-6,12-19,21,24-26,49H2,1-4H3,(H,51,60)/t35-,37?,40?,41?,47-/m0/s1. The topological polar surface area (TPSA) is 238 Å². The number of carbonyl (C=O) groups is 4. The number of amides is 1. The van der Waals surface area contributed by atoms with Crippen molar-refractivity contribution in [2.24, 2.45) is 5.73 Å². The maximum atomic E-state index is 15.1. The average Bonchev–Trinajstić information content (AvgIpc) is 3.65. The number of ether oxygens (including phenoxy) is 1. The van der Waals surface area contributed by atoms with E-state index in [2.05, 4.69) is 16.0 Å². The number of nitrogens with two attached hydrogens (primary N) is 1. The molecule has 17 heteroatoms. The summed E-state index contributed by atoms with van der Waals surface area (Å²) in [6.07, 6.45) is -0.772. The summed E-state index contributed by atoms with van der Waals surface area (Å²) in [6.45, 7) is 6.15. The zero-order chi connectivity index (χ0) is 46.3. The largest absolute Gasteiger partial charge is 0.458 e. The van der Waals surface area contributed by atoms with E-state index in [1.165, 1.54) is 10.6 Å². The third-order valence-corrected chi connectivity index (χ3v) is 12.4. The molecular formula is C47H60FN7O9. The summed E-state index contributed by atoms with van der Waals surface area (Å²) in [6, 6.07) is 12.7. The number of aliphatic hydroxyl groups excluding tert-OH is 2. The molecule has 6 rings (SSSR count). The molecule has 16 nitrogen and oxygen atoms in total. The van der Waals surface area contributed by atoms with E-state index in [1.807, 2.05) is 49.2 Å². The molecule has 2 aromatic heterocycles. The fourth-order valence-corrected chi connectivity index (χ4v) is 8.50. The van der Waals surface area contributed by atoms with E-state index < -0.39 is 47.5 Å². The lowest BCUT2D eigenvalue weighted by Crippen LogP contribution is -2.45. The van der Waals surface area contributed by atoms with Crippen LogP contribution in [0.15, 0.2) is 53.3 Å². The van der Waals surface area contributed by atoms with Crippen molar-refractivity contribution in [3.63, 3.8) is 0 Å². The number of carbonyl (C=O) groups excluding carboxylic acids is 4. The highest BCUT2D eigenvalue weighted by Crippen LogP contribution is 2.42. The third-order valence-electron chi connectivity index (χ3n) is 12.4. The fraction of sp³-hybridized carbons (Fsp3) is 0.489. The molecule has 4 aromatic rings. The number of cyclic esters (lactones) is 1. The molecular weight excluding hydrogens is 826 g/mol. The number of rotatable bonds is 23. The molecule has 2 aliphatic heterocycles. The molecule has 8 N–H and O–H groups in total. The fourth-order valence-electron chi connectivity index (χ4n) is 8.50. The van der Waals surface area contributed by atoms with Gasteiger partial charge in [-0.2, -0.15) is 0 Å². The summed E-state index contributed by atoms with van der Waals surface area (Å²) in [5.74, 6) is -1.91. The maximum absolute atomic E-state index is 15.1. The van der Waals surface area contributed by atoms with Gasteiger partial charge < -0.3 is 40.6 Å². The van der Waals surface area contributed by atoms with Crippen LogP contribution in [0.5, 0.6) is 0 Å². The molecule has 2 aromatic carbocycles. The lowest BCUT2D eigenvalue weighted by molar-refractivity contribution is -0.172. The minimum absolute atomic E-state index is 0.0136. The quantitative estimate of drug-likeness (QED) is 0.0369. The molecule has 0 fully saturated rings. The maximum Gasteiger partial charge on any atom is 0.343 e. The number of esters is 1. The molecule has 5 atom stereocenters. The highest BCUT2D eigenvalue weighted by Gasteiger charge is 2.45. The minimum atomic E-state index is -2.01. The Kier molecular flexibility index (Phi) is 15.9. The van der Waals surface area contributed by atoms with Crippen molar-refractivity contribution in [1.82, 2.24) is 30.4 Å². The Morgan fingerprint density at radius 3 is 2.45 bits per heavy atom. The van der Waals surface area contributed by atoms with Crippen LogP contribution in [-0.4, -0.2) is 105 Å². The number of nitrogens with zero attached hydrogens (tertiary/aromatic N) is 3. The Balaban J connectivity index is 1.06. The second-order valence-electron chi connectivity index (χ2n) is 16.8. The molecule has 3 unspecified atom stereocenters. The van der Waals surface area contributed by atoms with Crippen molar-refractivity contribution in [3.8, 4) is 11.4 Å². The van der Waals surface area contributed by atoms with Gasteiger partial charge in [-0.3, -0.25) is 29.8 Å². The summed E-state index contributed by atoms with van der Waals surface area (Å²) in [7, 11) is 1.85. The second kappa shape index (κ2) is 21.1. The van der Waals surface area contributed by atoms with E-state index in [9.17, 15) is 39.3 Å². The van der Waals surface area contributed by atoms with Crippen molar-refractivity contribution < 1.29 is 43.6 Å². The van der Waals surface area contributed by atoms with Crippen molar-refractivity contribution in [2.75, 3.05) is 33.2 Å². The van der Waals surface area contributed by atoms with Crippen LogP contribution in [0.1, 0.15) is 98.2 Å². The van der Waals surface area contributed by atoms with E-state index in [4.69, 9.17) is 15.5 Å². The van der Waals surface area contributed by atoms with Gasteiger partial charge in [0.25, 0.3) is 5.56 Å². The van der Waals surface area contributed by atoms with Crippen LogP contribution in [0.4, 0.5) is 4.39 Å². The SMILES string of the molecule is CC[C@H](NC(=O)CCN(C)CCNC(O)CCC(=O)C(Cc1ccccc1)NC(O)CCC(=O)CN)c1c2c(nc3cc(F)c(C)cc13)-c1cc3c(c(=O)n1C2)COC(=O)[C@]3(O)CC. The number of Topliss-reactive ketones (excluding diaryl/α,β-unsaturated/α-hetero) is 2. The first-order chi connectivity index (χ1) is 30.6. The van der Waals surface area contributed by atoms with Crippen LogP contribution in [0, 0.1) is 12.7 Å². The van der Waals surface area contributed by atoms with Gasteiger partial charge in [-0.15, -0.1) is 0 Å². The van der Waals surface area contributed by atoms with Gasteiger partial charge in [-0.05, 0) is 74.9 Å². The van der Waals surface area contributed by atoms with E-state index >= 15 is 4.39 Å². The predicted octanol–water partition coefficient (Wildman–Crippen LogP) is 2.50. The molecule has 2 aliphatic rings. The first-order valence-corrected chi connectivity index (χ1v) is 22.0. The minimum Gasteiger partial charge on any atom is -0.458 e. The Labute approximate surface area is 371 Å². The van der Waals surface area contributed by atoms with Crippen molar-refractivity contribution in [2.45, 2.75) is 115 Å². The van der Waals surface area contributed by atoms with Crippen molar-refractivity contribution in [1.29, 1.82) is 0 Å². The molecule has 0 saturated heterocycles. The Morgan fingerprint density at radius 2 is 1.75 bits per heavy atom. The summed E-state index contributed by atoms with van der Waals surface area (Å²) in [5, 5.41) is 42.3. The predicted molar refractivity (Wildman–Crippen MR) is 237 cm³/mol. The number of aryl methyl sites for hydroxylation is 1. The van der Waals surface area contributed by atoms with Gasteiger partial charge in [0.1, 0.15) is 36.4 Å². The number of ketones is 2. The molecule has 0 saturated carbocycles. The van der Waals surface area contributed by atoms with E-state index in [0.29, 0.717) is 71.5 Å². The molecule has 4 heterocycles. The smallest absolute Gasteiger partial charge is 0.343 e. The van der Waals surface area contributed by atoms with Crippen LogP contribution < -0.4 is 27.2 Å². The normalized spacial score (nSPS) is 17.3. The van der Waals surface area contributed by atoms with Gasteiger partial charge in [0.05, 0.1) is 47.6 Å². The van der Waals surface area contributed by atoms with Crippen LogP contribution in [-0.2, 0) is 49.1 Å². The highest BCUT2D eigenvalue weighted by molar-refractivity contribution is 5.91. The lowest BCUT2D eigenvalue weighted by atomic mass is 9.86. The number of hydrogen-bond acceptors (Lipinski definition) is 14. The summed E-state index contributed by atoms with van der Waals surface area (Å²) >= 11 is 0. The molecule has 64 heavy (non-hydrogen) atoms. The number of fused-ring (bicyclic) bond motifs is 5. The van der Waals surface area contributed by atoms with Gasteiger partial charge in [0.15, 0.2) is 5.60 Å². The number of hydrogen-bond donors (Lipinski definition) is 7. The summed E-state index contributed by atoms with van der Waals surface area (Å²) in [4.78, 5) is 72.0. The van der Waals surface area contributed by atoms with Crippen LogP contribution in [0.25, 0.3) is 22.3 Å².